The Kier molecular flexibility index (Phi) is 8.44. The van der Waals surface area contributed by atoms with Crippen molar-refractivity contribution >= 4 is 0 Å². The summed E-state index contributed by atoms with van der Waals surface area (Å²) in [5.74, 6) is -0.582. The fraction of sp³-hybridized carbons (Fsp3) is 0.556. The highest BCUT2D eigenvalue weighted by Crippen LogP contribution is 2.37. The molecule has 0 aromatic heterocycles. The molecule has 0 heterocycles. The Labute approximate surface area is 181 Å². The predicted molar refractivity (Wildman–Crippen MR) is 123 cm³/mol. The molecule has 3 atom stereocenters. The first-order chi connectivity index (χ1) is 14.5. The Morgan fingerprint density at radius 2 is 1.43 bits per heavy atom. The lowest BCUT2D eigenvalue weighted by atomic mass is 9.81. The van der Waals surface area contributed by atoms with E-state index in [1.54, 1.807) is 0 Å². The Hall–Kier alpha value is -1.74. The molecule has 0 aliphatic heterocycles. The van der Waals surface area contributed by atoms with Crippen molar-refractivity contribution in [2.45, 2.75) is 89.6 Å². The van der Waals surface area contributed by atoms with Crippen LogP contribution in [0.15, 0.2) is 54.6 Å². The van der Waals surface area contributed by atoms with Gasteiger partial charge < -0.3 is 0 Å². The van der Waals surface area contributed by atoms with Gasteiger partial charge in [0, 0.05) is 24.5 Å². The molecule has 3 rings (SSSR count). The summed E-state index contributed by atoms with van der Waals surface area (Å²) < 4.78 is 28.5. The number of nitrogens with zero attached hydrogens (tertiary/aromatic N) is 1. The number of hydrogen-bond donors (Lipinski definition) is 0. The van der Waals surface area contributed by atoms with Crippen molar-refractivity contribution in [3.05, 3.63) is 71.3 Å². The second kappa shape index (κ2) is 11.0. The van der Waals surface area contributed by atoms with Crippen LogP contribution in [0.4, 0.5) is 8.78 Å². The Morgan fingerprint density at radius 3 is 2.03 bits per heavy atom. The molecule has 164 valence electrons. The molecule has 3 unspecified atom stereocenters. The Morgan fingerprint density at radius 1 is 0.833 bits per heavy atom. The van der Waals surface area contributed by atoms with Crippen LogP contribution >= 0.6 is 0 Å². The monoisotopic (exact) mass is 413 g/mol. The van der Waals surface area contributed by atoms with Gasteiger partial charge in [0.25, 0.3) is 0 Å². The molecule has 0 spiro atoms. The molecule has 1 fully saturated rings. The number of alkyl halides is 2. The van der Waals surface area contributed by atoms with E-state index in [0.717, 1.165) is 31.4 Å². The van der Waals surface area contributed by atoms with Gasteiger partial charge in [0.2, 0.25) is 0 Å². The van der Waals surface area contributed by atoms with Crippen LogP contribution in [0.1, 0.15) is 69.1 Å². The summed E-state index contributed by atoms with van der Waals surface area (Å²) in [6, 6.07) is 19.7. The molecule has 1 aliphatic carbocycles. The smallest absolute Gasteiger partial charge is 0.110 e. The van der Waals surface area contributed by atoms with Gasteiger partial charge in [-0.15, -0.1) is 0 Å². The molecule has 1 aliphatic rings. The van der Waals surface area contributed by atoms with Crippen LogP contribution in [0.2, 0.25) is 0 Å². The van der Waals surface area contributed by atoms with E-state index in [0.29, 0.717) is 31.3 Å². The van der Waals surface area contributed by atoms with Gasteiger partial charge in [0.1, 0.15) is 12.3 Å². The maximum atomic E-state index is 14.3. The van der Waals surface area contributed by atoms with E-state index in [-0.39, 0.29) is 0 Å². The average molecular weight is 414 g/mol. The van der Waals surface area contributed by atoms with Gasteiger partial charge in [-0.2, -0.15) is 0 Å². The van der Waals surface area contributed by atoms with Crippen molar-refractivity contribution in [3.63, 3.8) is 0 Å². The van der Waals surface area contributed by atoms with E-state index in [1.165, 1.54) is 11.1 Å². The molecule has 0 amide bonds. The topological polar surface area (TPSA) is 3.24 Å². The second-order valence-electron chi connectivity index (χ2n) is 9.19. The number of halogens is 2. The van der Waals surface area contributed by atoms with Gasteiger partial charge in [-0.05, 0) is 76.0 Å². The third-order valence-corrected chi connectivity index (χ3v) is 6.69. The Bertz CT molecular complexity index is 733. The summed E-state index contributed by atoms with van der Waals surface area (Å²) in [7, 11) is 0. The largest absolute Gasteiger partial charge is 0.298 e. The molecule has 0 saturated heterocycles. The highest BCUT2D eigenvalue weighted by Gasteiger charge is 2.34. The summed E-state index contributed by atoms with van der Waals surface area (Å²) in [5.41, 5.74) is 3.45. The third kappa shape index (κ3) is 6.14. The summed E-state index contributed by atoms with van der Waals surface area (Å²) >= 11 is 0. The van der Waals surface area contributed by atoms with Gasteiger partial charge in [-0.25, -0.2) is 8.78 Å². The van der Waals surface area contributed by atoms with E-state index in [4.69, 9.17) is 0 Å². The molecule has 30 heavy (non-hydrogen) atoms. The van der Waals surface area contributed by atoms with Crippen LogP contribution in [0.5, 0.6) is 0 Å². The zero-order valence-electron chi connectivity index (χ0n) is 18.7. The first kappa shape index (κ1) is 22.9. The lowest BCUT2D eigenvalue weighted by Gasteiger charge is -2.33. The van der Waals surface area contributed by atoms with E-state index in [2.05, 4.69) is 68.1 Å². The molecule has 2 aromatic carbocycles. The van der Waals surface area contributed by atoms with Crippen molar-refractivity contribution in [1.29, 1.82) is 0 Å². The minimum Gasteiger partial charge on any atom is -0.298 e. The fourth-order valence-corrected chi connectivity index (χ4v) is 4.85. The van der Waals surface area contributed by atoms with Crippen LogP contribution in [-0.4, -0.2) is 35.9 Å². The fourth-order valence-electron chi connectivity index (χ4n) is 4.85. The Balaban J connectivity index is 1.54. The van der Waals surface area contributed by atoms with Crippen LogP contribution in [0.25, 0.3) is 0 Å². The van der Waals surface area contributed by atoms with Crippen molar-refractivity contribution < 1.29 is 8.78 Å². The summed E-state index contributed by atoms with van der Waals surface area (Å²) in [4.78, 5) is 2.57. The maximum absolute atomic E-state index is 14.3. The molecular weight excluding hydrogens is 376 g/mol. The SMILES string of the molecule is CC(C)N(CCc1ccccc1)C(C)CCc1ccc(C2C(F)CCCC2F)cc1. The lowest BCUT2D eigenvalue weighted by molar-refractivity contribution is 0.124. The molecular formula is C27H37F2N. The van der Waals surface area contributed by atoms with Gasteiger partial charge in [-0.3, -0.25) is 4.90 Å². The molecule has 0 radical (unpaired) electrons. The number of hydrogen-bond acceptors (Lipinski definition) is 1. The normalized spacial score (nSPS) is 23.1. The van der Waals surface area contributed by atoms with E-state index >= 15 is 0 Å². The minimum atomic E-state index is -1.05. The molecule has 2 aromatic rings. The number of aryl methyl sites for hydroxylation is 1. The van der Waals surface area contributed by atoms with Gasteiger partial charge >= 0.3 is 0 Å². The first-order valence-corrected chi connectivity index (χ1v) is 11.6. The molecule has 0 N–H and O–H groups in total. The van der Waals surface area contributed by atoms with Crippen molar-refractivity contribution in [3.8, 4) is 0 Å². The highest BCUT2D eigenvalue weighted by molar-refractivity contribution is 5.28. The van der Waals surface area contributed by atoms with Crippen molar-refractivity contribution in [2.75, 3.05) is 6.54 Å². The zero-order chi connectivity index (χ0) is 21.5. The number of rotatable bonds is 9. The van der Waals surface area contributed by atoms with E-state index in [9.17, 15) is 8.78 Å². The van der Waals surface area contributed by atoms with Gasteiger partial charge in [-0.1, -0.05) is 54.6 Å². The van der Waals surface area contributed by atoms with Crippen LogP contribution in [-0.2, 0) is 12.8 Å². The zero-order valence-corrected chi connectivity index (χ0v) is 18.7. The van der Waals surface area contributed by atoms with Crippen molar-refractivity contribution in [2.24, 2.45) is 0 Å². The van der Waals surface area contributed by atoms with Crippen LogP contribution in [0.3, 0.4) is 0 Å². The van der Waals surface area contributed by atoms with Crippen LogP contribution in [0, 0.1) is 0 Å². The minimum absolute atomic E-state index is 0.483. The summed E-state index contributed by atoms with van der Waals surface area (Å²) in [5, 5.41) is 0. The quantitative estimate of drug-likeness (QED) is 0.432. The molecule has 1 nitrogen and oxygen atoms in total. The first-order valence-electron chi connectivity index (χ1n) is 11.6. The highest BCUT2D eigenvalue weighted by atomic mass is 19.1. The van der Waals surface area contributed by atoms with E-state index in [1.807, 2.05) is 12.1 Å². The third-order valence-electron chi connectivity index (χ3n) is 6.69. The van der Waals surface area contributed by atoms with E-state index < -0.39 is 18.3 Å². The lowest BCUT2D eigenvalue weighted by Crippen LogP contribution is -2.40. The average Bonchev–Trinajstić information content (AvgIpc) is 2.73. The van der Waals surface area contributed by atoms with Gasteiger partial charge in [0.05, 0.1) is 0 Å². The predicted octanol–water partition coefficient (Wildman–Crippen LogP) is 6.90. The maximum Gasteiger partial charge on any atom is 0.110 e. The number of benzene rings is 2. The molecule has 3 heteroatoms. The van der Waals surface area contributed by atoms with Crippen LogP contribution < -0.4 is 0 Å². The molecule has 0 bridgehead atoms. The summed E-state index contributed by atoms with van der Waals surface area (Å²) in [6.07, 6.45) is 2.65. The standard InChI is InChI=1S/C27H37F2N/c1-20(2)30(19-18-22-8-5-4-6-9-22)21(3)12-13-23-14-16-24(17-15-23)27-25(28)10-7-11-26(27)29/h4-6,8-9,14-17,20-21,25-27H,7,10-13,18-19H2,1-3H3. The second-order valence-corrected chi connectivity index (χ2v) is 9.19. The van der Waals surface area contributed by atoms with Crippen molar-refractivity contribution in [1.82, 2.24) is 4.90 Å². The van der Waals surface area contributed by atoms with Gasteiger partial charge in [0.15, 0.2) is 0 Å². The molecule has 1 saturated carbocycles. The summed E-state index contributed by atoms with van der Waals surface area (Å²) in [6.45, 7) is 7.89.